The lowest BCUT2D eigenvalue weighted by molar-refractivity contribution is -0.147. The van der Waals surface area contributed by atoms with Crippen molar-refractivity contribution in [2.75, 3.05) is 69.5 Å². The number of amides is 4. The maximum absolute atomic E-state index is 13.9. The molecule has 1 fully saturated rings. The molecule has 0 spiro atoms. The molecule has 0 radical (unpaired) electrons. The third-order valence-electron chi connectivity index (χ3n) is 9.38. The zero-order valence-corrected chi connectivity index (χ0v) is 69.9. The van der Waals surface area contributed by atoms with Gasteiger partial charge in [0.1, 0.15) is 86.0 Å². The summed E-state index contributed by atoms with van der Waals surface area (Å²) in [4.78, 5) is 137. The van der Waals surface area contributed by atoms with Crippen molar-refractivity contribution in [3.05, 3.63) is 108 Å². The summed E-state index contributed by atoms with van der Waals surface area (Å²) in [6.45, 7) is 57.8. The summed E-state index contributed by atoms with van der Waals surface area (Å²) in [6.07, 6.45) is 5.92. The van der Waals surface area contributed by atoms with E-state index >= 15 is 0 Å². The molecule has 0 unspecified atom stereocenters. The van der Waals surface area contributed by atoms with Gasteiger partial charge < -0.3 is 132 Å². The molecule has 1 heterocycles. The number of piperidine rings is 1. The number of carbonyl (C=O) groups excluding carboxylic acids is 14. The summed E-state index contributed by atoms with van der Waals surface area (Å²) in [7, 11) is 12.2. The van der Waals surface area contributed by atoms with Gasteiger partial charge in [0.15, 0.2) is 0 Å². The second kappa shape index (κ2) is 176. The molecule has 3 atom stereocenters. The molecule has 4 rings (SSSR count). The van der Waals surface area contributed by atoms with Gasteiger partial charge in [-0.1, -0.05) is 194 Å². The fourth-order valence-corrected chi connectivity index (χ4v) is 5.55. The molecular formula is C74H164N14O15. The highest BCUT2D eigenvalue weighted by molar-refractivity contribution is 5.94. The van der Waals surface area contributed by atoms with Gasteiger partial charge in [-0.05, 0) is 123 Å². The van der Waals surface area contributed by atoms with Crippen LogP contribution in [0.5, 0.6) is 0 Å². The van der Waals surface area contributed by atoms with E-state index in [0.717, 1.165) is 54.6 Å². The first-order chi connectivity index (χ1) is 47.6. The van der Waals surface area contributed by atoms with Crippen LogP contribution in [0.2, 0.25) is 0 Å². The molecule has 3 aromatic carbocycles. The lowest BCUT2D eigenvalue weighted by Gasteiger charge is -2.35. The smallest absolute Gasteiger partial charge is 0.246 e. The molecule has 1 saturated heterocycles. The Balaban J connectivity index is -0.0000000363. The van der Waals surface area contributed by atoms with E-state index in [2.05, 4.69) is 133 Å². The minimum Gasteiger partial charge on any atom is -0.394 e. The quantitative estimate of drug-likeness (QED) is 0.0804. The highest BCUT2D eigenvalue weighted by Gasteiger charge is 2.35. The number of nitrogens with one attached hydrogen (secondary N) is 1. The Bertz CT molecular complexity index is 1780. The summed E-state index contributed by atoms with van der Waals surface area (Å²) in [6, 6.07) is 27.1. The average molecular weight is 1490 g/mol. The van der Waals surface area contributed by atoms with E-state index in [-0.39, 0.29) is 54.8 Å². The molecule has 0 aliphatic carbocycles. The van der Waals surface area contributed by atoms with E-state index in [1.165, 1.54) is 71.0 Å². The Kier molecular flexibility index (Phi) is 284. The van der Waals surface area contributed by atoms with Crippen molar-refractivity contribution in [1.82, 2.24) is 44.6 Å². The number of rotatable bonds is 12. The van der Waals surface area contributed by atoms with Gasteiger partial charge in [0.25, 0.3) is 0 Å². The lowest BCUT2D eigenvalue weighted by atomic mass is 10.00. The molecule has 29 heteroatoms. The third-order valence-corrected chi connectivity index (χ3v) is 9.38. The number of aryl methyl sites for hydroxylation is 1. The number of carbonyl (C=O) groups is 14. The molecule has 1 aliphatic heterocycles. The fraction of sp³-hybridized carbons (Fsp3) is 0.568. The zero-order valence-electron chi connectivity index (χ0n) is 69.9. The van der Waals surface area contributed by atoms with Crippen LogP contribution in [0.4, 0.5) is 0 Å². The van der Waals surface area contributed by atoms with Gasteiger partial charge in [-0.25, -0.2) is 0 Å². The molecule has 29 nitrogen and oxygen atoms in total. The van der Waals surface area contributed by atoms with E-state index in [0.29, 0.717) is 19.5 Å². The molecule has 1 aliphatic rings. The molecule has 103 heavy (non-hydrogen) atoms. The van der Waals surface area contributed by atoms with E-state index in [4.69, 9.17) is 53.1 Å². The van der Waals surface area contributed by atoms with Gasteiger partial charge in [0.05, 0.1) is 0 Å². The number of aliphatic hydroxyl groups excluding tert-OH is 1. The second-order valence-corrected chi connectivity index (χ2v) is 18.3. The SMILES string of the molecule is C=O.C=O.C=O.C=O.C=O.C=O.C=O.C=O.C=O.C=O.CC.CC.CC(=O)N(C)[C@@H](Cc1ccccc1)C(=O)N(C)[C@@H](Cc1ccccc1)C(=O)N[C@@H](C)C(=O)N1CCCCC1.CC(C)C.CC(C)C.CC(C)O.CCC(C)C.CCc1ccccc1.CN.CN.CN.CN.CN.CN.N.N.N.N. The van der Waals surface area contributed by atoms with Crippen LogP contribution in [0.1, 0.15) is 167 Å². The third kappa shape index (κ3) is 153. The van der Waals surface area contributed by atoms with Crippen LogP contribution in [-0.4, -0.2) is 205 Å². The van der Waals surface area contributed by atoms with Gasteiger partial charge >= 0.3 is 0 Å². The van der Waals surface area contributed by atoms with Crippen molar-refractivity contribution >= 4 is 91.5 Å². The number of nitrogens with two attached hydrogens (primary N) is 6. The number of benzene rings is 3. The summed E-state index contributed by atoms with van der Waals surface area (Å²) in [5.41, 5.74) is 30.2. The minimum absolute atomic E-state index is 0. The van der Waals surface area contributed by atoms with E-state index in [1.54, 1.807) is 39.8 Å². The van der Waals surface area contributed by atoms with Gasteiger partial charge in [0.2, 0.25) is 23.6 Å². The van der Waals surface area contributed by atoms with Crippen molar-refractivity contribution in [1.29, 1.82) is 0 Å². The van der Waals surface area contributed by atoms with E-state index < -0.39 is 24.0 Å². The normalized spacial score (nSPS) is 8.84. The summed E-state index contributed by atoms with van der Waals surface area (Å²) in [5, 5.41) is 10.9. The molecule has 0 saturated carbocycles. The summed E-state index contributed by atoms with van der Waals surface area (Å²) >= 11 is 0. The number of hydrogen-bond acceptors (Lipinski definition) is 25. The van der Waals surface area contributed by atoms with Crippen LogP contribution in [0.3, 0.4) is 0 Å². The van der Waals surface area contributed by atoms with Crippen molar-refractivity contribution in [2.45, 2.75) is 194 Å². The number of likely N-dealkylation sites (N-methyl/N-ethyl adjacent to an activating group) is 2. The van der Waals surface area contributed by atoms with Crippen molar-refractivity contribution in [3.63, 3.8) is 0 Å². The monoisotopic (exact) mass is 1490 g/mol. The van der Waals surface area contributed by atoms with E-state index in [9.17, 15) is 19.2 Å². The Morgan fingerprint density at radius 1 is 0.427 bits per heavy atom. The first kappa shape index (κ1) is 166. The highest BCUT2D eigenvalue weighted by Crippen LogP contribution is 2.17. The largest absolute Gasteiger partial charge is 0.394 e. The Morgan fingerprint density at radius 2 is 0.641 bits per heavy atom. The Labute approximate surface area is 629 Å². The number of nitrogens with zero attached hydrogens (tertiary/aromatic N) is 3. The van der Waals surface area contributed by atoms with E-state index in [1.807, 2.05) is 162 Å². The van der Waals surface area contributed by atoms with Crippen LogP contribution >= 0.6 is 0 Å². The molecule has 620 valence electrons. The molecule has 4 amide bonds. The number of aliphatic hydroxyl groups is 1. The van der Waals surface area contributed by atoms with Crippen LogP contribution in [0.15, 0.2) is 91.0 Å². The maximum atomic E-state index is 13.9. The molecule has 3 aromatic rings. The van der Waals surface area contributed by atoms with Crippen LogP contribution in [0, 0.1) is 17.8 Å². The second-order valence-electron chi connectivity index (χ2n) is 18.3. The Hall–Kier alpha value is -8.20. The number of hydrogen-bond donors (Lipinski definition) is 12. The standard InChI is InChI=1S/C30H40N4O4.C8H10.C5H12.2C4H10.C3H8O.2C2H6.6CH5N.10CH2O.4H3N/c1-22(29(37)34-18-12-7-13-19-34)31-28(36)26(20-24-14-8-5-9-15-24)33(4)30(38)27(32(3)23(2)35)21-25-16-10-6-11-17-25;1-2-8-6-4-3-5-7-8;1-4-5(2)3;2*1-4(2)3;1-3(2)4;18*1-2;;;;/h5-6,8-11,14-17,22,26-27H,7,12-13,18-21H2,1-4H3,(H,31,36);3-7H,2H2,1H3;5H,4H2,1-3H3;2*4H,1-3H3;3-4H,1-2H3;2*1-2H3;6*2H2,1H3;10*1H2;4*1H3/t22-,26-,27-;;;;;;;;;;;;;;;;;;;;;;;;;;;/m0.........................../s1. The molecule has 0 aromatic heterocycles. The van der Waals surface area contributed by atoms with Gasteiger partial charge in [-0.2, -0.15) is 0 Å². The molecule has 26 N–H and O–H groups in total. The minimum atomic E-state index is -0.861. The fourth-order valence-electron chi connectivity index (χ4n) is 5.55. The molecular weight excluding hydrogens is 1320 g/mol. The predicted octanol–water partition coefficient (Wildman–Crippen LogP) is 8.98. The first-order valence-electron chi connectivity index (χ1n) is 31.8. The average Bonchev–Trinajstić information content (AvgIpc) is 0.823. The van der Waals surface area contributed by atoms with Crippen molar-refractivity contribution < 1.29 is 72.2 Å². The van der Waals surface area contributed by atoms with Crippen LogP contribution < -0.4 is 64.3 Å². The highest BCUT2D eigenvalue weighted by atomic mass is 16.3. The Morgan fingerprint density at radius 3 is 0.835 bits per heavy atom. The van der Waals surface area contributed by atoms with Crippen molar-refractivity contribution in [2.24, 2.45) is 52.2 Å². The van der Waals surface area contributed by atoms with Gasteiger partial charge in [0, 0.05) is 53.1 Å². The summed E-state index contributed by atoms with van der Waals surface area (Å²) < 4.78 is 0. The zero-order chi connectivity index (χ0) is 84.5. The van der Waals surface area contributed by atoms with Crippen molar-refractivity contribution in [3.8, 4) is 0 Å². The molecule has 0 bridgehead atoms. The lowest BCUT2D eigenvalue weighted by Crippen LogP contribution is -2.58. The van der Waals surface area contributed by atoms with Gasteiger partial charge in [-0.15, -0.1) is 0 Å². The summed E-state index contributed by atoms with van der Waals surface area (Å²) in [5.74, 6) is 1.47. The number of likely N-dealkylation sites (tertiary alicyclic amines) is 1. The predicted molar refractivity (Wildman–Crippen MR) is 441 cm³/mol. The van der Waals surface area contributed by atoms with Gasteiger partial charge in [-0.3, -0.25) is 19.2 Å². The van der Waals surface area contributed by atoms with Crippen LogP contribution in [-0.2, 0) is 86.4 Å². The topological polar surface area (TPSA) is 577 Å². The first-order valence-corrected chi connectivity index (χ1v) is 31.8. The maximum Gasteiger partial charge on any atom is 0.246 e. The van der Waals surface area contributed by atoms with Crippen LogP contribution in [0.25, 0.3) is 0 Å².